The molecule has 0 fully saturated rings. The third-order valence-electron chi connectivity index (χ3n) is 3.80. The minimum Gasteiger partial charge on any atom is -0.478 e. The Kier molecular flexibility index (Phi) is 5.65. The third-order valence-corrected chi connectivity index (χ3v) is 4.89. The van der Waals surface area contributed by atoms with Crippen LogP contribution >= 0.6 is 11.3 Å². The highest BCUT2D eigenvalue weighted by Crippen LogP contribution is 2.41. The fourth-order valence-electron chi connectivity index (χ4n) is 2.63. The molecule has 0 atom stereocenters. The molecular formula is C21H14F2O3S. The van der Waals surface area contributed by atoms with Crippen molar-refractivity contribution in [2.75, 3.05) is 13.7 Å². The average Bonchev–Trinajstić information content (AvgIpc) is 3.08. The van der Waals surface area contributed by atoms with E-state index < -0.39 is 17.6 Å². The molecule has 3 aromatic rings. The van der Waals surface area contributed by atoms with Gasteiger partial charge >= 0.3 is 5.97 Å². The van der Waals surface area contributed by atoms with Gasteiger partial charge in [0.25, 0.3) is 0 Å². The molecule has 0 unspecified atom stereocenters. The van der Waals surface area contributed by atoms with Crippen LogP contribution in [-0.4, -0.2) is 24.8 Å². The minimum atomic E-state index is -1.10. The largest absolute Gasteiger partial charge is 0.478 e. The molecule has 0 saturated heterocycles. The van der Waals surface area contributed by atoms with Crippen LogP contribution in [0.15, 0.2) is 48.5 Å². The van der Waals surface area contributed by atoms with Crippen LogP contribution in [0.1, 0.15) is 15.2 Å². The molecule has 1 N–H and O–H groups in total. The second-order valence-corrected chi connectivity index (χ2v) is 6.59. The maximum absolute atomic E-state index is 14.4. The van der Waals surface area contributed by atoms with Gasteiger partial charge in [-0.2, -0.15) is 0 Å². The molecule has 0 aliphatic rings. The van der Waals surface area contributed by atoms with E-state index in [2.05, 4.69) is 11.8 Å². The molecule has 3 rings (SSSR count). The maximum Gasteiger partial charge on any atom is 0.336 e. The van der Waals surface area contributed by atoms with E-state index in [1.807, 2.05) is 0 Å². The van der Waals surface area contributed by atoms with Crippen LogP contribution in [0.2, 0.25) is 0 Å². The van der Waals surface area contributed by atoms with Crippen LogP contribution in [0, 0.1) is 23.5 Å². The summed E-state index contributed by atoms with van der Waals surface area (Å²) in [5, 5.41) is 9.49. The van der Waals surface area contributed by atoms with Crippen molar-refractivity contribution >= 4 is 17.3 Å². The van der Waals surface area contributed by atoms with Crippen LogP contribution in [0.3, 0.4) is 0 Å². The van der Waals surface area contributed by atoms with Gasteiger partial charge in [0.15, 0.2) is 11.6 Å². The van der Waals surface area contributed by atoms with Gasteiger partial charge in [0, 0.05) is 28.7 Å². The minimum absolute atomic E-state index is 0.0567. The lowest BCUT2D eigenvalue weighted by Gasteiger charge is -2.08. The van der Waals surface area contributed by atoms with Crippen molar-refractivity contribution < 1.29 is 23.4 Å². The molecule has 1 aromatic heterocycles. The number of ether oxygens (including phenoxy) is 1. The van der Waals surface area contributed by atoms with Crippen LogP contribution < -0.4 is 0 Å². The van der Waals surface area contributed by atoms with Crippen LogP contribution in [0.4, 0.5) is 8.78 Å². The Morgan fingerprint density at radius 3 is 2.59 bits per heavy atom. The number of carboxylic acid groups (broad SMARTS) is 1. The zero-order chi connectivity index (χ0) is 19.4. The summed E-state index contributed by atoms with van der Waals surface area (Å²) < 4.78 is 33.1. The first-order valence-corrected chi connectivity index (χ1v) is 8.73. The molecule has 1 heterocycles. The summed E-state index contributed by atoms with van der Waals surface area (Å²) in [6, 6.07) is 12.0. The van der Waals surface area contributed by atoms with E-state index in [1.54, 1.807) is 24.3 Å². The Morgan fingerprint density at radius 1 is 1.11 bits per heavy atom. The van der Waals surface area contributed by atoms with E-state index in [0.29, 0.717) is 20.9 Å². The molecule has 6 heteroatoms. The molecule has 3 nitrogen and oxygen atoms in total. The predicted octanol–water partition coefficient (Wildman–Crippen LogP) is 5.06. The van der Waals surface area contributed by atoms with E-state index in [1.165, 1.54) is 36.6 Å². The highest BCUT2D eigenvalue weighted by atomic mass is 32.1. The Hall–Kier alpha value is -3.01. The Morgan fingerprint density at radius 2 is 1.85 bits per heavy atom. The monoisotopic (exact) mass is 384 g/mol. The summed E-state index contributed by atoms with van der Waals surface area (Å²) >= 11 is 1.22. The average molecular weight is 384 g/mol. The Balaban J connectivity index is 2.26. The maximum atomic E-state index is 14.4. The van der Waals surface area contributed by atoms with Crippen LogP contribution in [-0.2, 0) is 4.74 Å². The number of hydrogen-bond acceptors (Lipinski definition) is 3. The molecule has 0 bridgehead atoms. The SMILES string of the molecule is COCC#Cc1cc(-c2cccc(F)c2F)c(-c2ccccc2C(=O)O)s1. The van der Waals surface area contributed by atoms with Gasteiger partial charge in [-0.05, 0) is 18.2 Å². The molecule has 0 saturated carbocycles. The van der Waals surface area contributed by atoms with Crippen molar-refractivity contribution in [2.45, 2.75) is 0 Å². The van der Waals surface area contributed by atoms with Gasteiger partial charge < -0.3 is 9.84 Å². The summed E-state index contributed by atoms with van der Waals surface area (Å²) in [6.07, 6.45) is 0. The van der Waals surface area contributed by atoms with Crippen LogP contribution in [0.25, 0.3) is 21.6 Å². The smallest absolute Gasteiger partial charge is 0.336 e. The first kappa shape index (κ1) is 18.8. The molecule has 136 valence electrons. The van der Waals surface area contributed by atoms with Crippen molar-refractivity contribution in [3.8, 4) is 33.4 Å². The van der Waals surface area contributed by atoms with Crippen molar-refractivity contribution in [1.29, 1.82) is 0 Å². The standard InChI is InChI=1S/C21H14F2O3S/c1-26-11-5-6-13-12-17(14-9-4-10-18(22)19(14)23)20(27-13)15-7-2-3-8-16(15)21(24)25/h2-4,7-10,12H,11H2,1H3,(H,24,25). The molecule has 0 spiro atoms. The second-order valence-electron chi connectivity index (χ2n) is 5.54. The summed E-state index contributed by atoms with van der Waals surface area (Å²) in [5.74, 6) is 2.67. The zero-order valence-electron chi connectivity index (χ0n) is 14.3. The number of methoxy groups -OCH3 is 1. The quantitative estimate of drug-likeness (QED) is 0.640. The molecule has 2 aromatic carbocycles. The van der Waals surface area contributed by atoms with Crippen molar-refractivity contribution in [1.82, 2.24) is 0 Å². The molecular weight excluding hydrogens is 370 g/mol. The van der Waals surface area contributed by atoms with Gasteiger partial charge in [-0.3, -0.25) is 0 Å². The number of carbonyl (C=O) groups is 1. The van der Waals surface area contributed by atoms with E-state index in [9.17, 15) is 18.7 Å². The predicted molar refractivity (Wildman–Crippen MR) is 101 cm³/mol. The topological polar surface area (TPSA) is 46.5 Å². The summed E-state index contributed by atoms with van der Waals surface area (Å²) in [7, 11) is 1.52. The first-order chi connectivity index (χ1) is 13.0. The fraction of sp³-hybridized carbons (Fsp3) is 0.0952. The van der Waals surface area contributed by atoms with E-state index in [0.717, 1.165) is 6.07 Å². The van der Waals surface area contributed by atoms with Crippen LogP contribution in [0.5, 0.6) is 0 Å². The summed E-state index contributed by atoms with van der Waals surface area (Å²) in [6.45, 7) is 0.225. The summed E-state index contributed by atoms with van der Waals surface area (Å²) in [4.78, 5) is 12.7. The van der Waals surface area contributed by atoms with Gasteiger partial charge in [0.2, 0.25) is 0 Å². The molecule has 0 aliphatic heterocycles. The number of aromatic carboxylic acids is 1. The van der Waals surface area contributed by atoms with E-state index in [-0.39, 0.29) is 17.7 Å². The van der Waals surface area contributed by atoms with Crippen molar-refractivity contribution in [3.05, 3.63) is 70.6 Å². The van der Waals surface area contributed by atoms with E-state index >= 15 is 0 Å². The lowest BCUT2D eigenvalue weighted by molar-refractivity contribution is 0.0698. The van der Waals surface area contributed by atoms with Crippen molar-refractivity contribution in [2.24, 2.45) is 0 Å². The highest BCUT2D eigenvalue weighted by molar-refractivity contribution is 7.16. The first-order valence-electron chi connectivity index (χ1n) is 7.91. The summed E-state index contributed by atoms with van der Waals surface area (Å²) in [5.41, 5.74) is 0.955. The number of carboxylic acids is 1. The molecule has 27 heavy (non-hydrogen) atoms. The Labute approximate surface area is 158 Å². The number of hydrogen-bond donors (Lipinski definition) is 1. The number of halogens is 2. The third kappa shape index (κ3) is 3.90. The van der Waals surface area contributed by atoms with Gasteiger partial charge in [0.1, 0.15) is 6.61 Å². The highest BCUT2D eigenvalue weighted by Gasteiger charge is 2.21. The van der Waals surface area contributed by atoms with Gasteiger partial charge in [-0.1, -0.05) is 42.2 Å². The Bertz CT molecular complexity index is 1060. The van der Waals surface area contributed by atoms with Gasteiger partial charge in [-0.25, -0.2) is 13.6 Å². The lowest BCUT2D eigenvalue weighted by atomic mass is 9.98. The van der Waals surface area contributed by atoms with Gasteiger partial charge in [0.05, 0.1) is 10.4 Å². The molecule has 0 aliphatic carbocycles. The number of rotatable bonds is 4. The normalized spacial score (nSPS) is 10.3. The molecule has 0 radical (unpaired) electrons. The van der Waals surface area contributed by atoms with Gasteiger partial charge in [-0.15, -0.1) is 11.3 Å². The fourth-order valence-corrected chi connectivity index (χ4v) is 3.71. The zero-order valence-corrected chi connectivity index (χ0v) is 15.1. The van der Waals surface area contributed by atoms with E-state index in [4.69, 9.17) is 4.74 Å². The lowest BCUT2D eigenvalue weighted by Crippen LogP contribution is -1.99. The molecule has 0 amide bonds. The second kappa shape index (κ2) is 8.12. The number of benzene rings is 2. The van der Waals surface area contributed by atoms with Crippen molar-refractivity contribution in [3.63, 3.8) is 0 Å². The number of thiophene rings is 1.